The second-order valence-corrected chi connectivity index (χ2v) is 3.64. The molecule has 1 N–H and O–H groups in total. The molecule has 1 heterocycles. The molecular formula is C10H17N3O. The van der Waals surface area contributed by atoms with E-state index in [4.69, 9.17) is 5.26 Å². The lowest BCUT2D eigenvalue weighted by Gasteiger charge is -2.31. The first-order chi connectivity index (χ1) is 6.74. The number of rotatable bonds is 3. The predicted octanol–water partition coefficient (Wildman–Crippen LogP) is 0.501. The summed E-state index contributed by atoms with van der Waals surface area (Å²) in [5.41, 5.74) is 0. The van der Waals surface area contributed by atoms with Gasteiger partial charge < -0.3 is 10.2 Å². The van der Waals surface area contributed by atoms with Crippen molar-refractivity contribution in [3.63, 3.8) is 0 Å². The van der Waals surface area contributed by atoms with E-state index in [0.717, 1.165) is 32.5 Å². The average Bonchev–Trinajstić information content (AvgIpc) is 2.19. The number of nitrogens with zero attached hydrogens (tertiary/aromatic N) is 2. The van der Waals surface area contributed by atoms with E-state index < -0.39 is 0 Å². The Bertz CT molecular complexity index is 226. The largest absolute Gasteiger partial charge is 0.343 e. The van der Waals surface area contributed by atoms with Crippen molar-refractivity contribution in [1.82, 2.24) is 10.2 Å². The molecule has 0 saturated carbocycles. The van der Waals surface area contributed by atoms with Crippen molar-refractivity contribution in [3.8, 4) is 6.07 Å². The van der Waals surface area contributed by atoms with Crippen LogP contribution in [-0.4, -0.2) is 36.5 Å². The molecule has 78 valence electrons. The number of nitriles is 1. The molecule has 14 heavy (non-hydrogen) atoms. The molecular weight excluding hydrogens is 178 g/mol. The Balaban J connectivity index is 2.16. The molecule has 4 nitrogen and oxygen atoms in total. The Kier molecular flexibility index (Phi) is 4.41. The first-order valence-corrected chi connectivity index (χ1v) is 5.10. The van der Waals surface area contributed by atoms with Crippen molar-refractivity contribution < 1.29 is 4.79 Å². The van der Waals surface area contributed by atoms with Gasteiger partial charge in [-0.3, -0.25) is 4.79 Å². The van der Waals surface area contributed by atoms with Crippen LogP contribution in [0.5, 0.6) is 0 Å². The minimum Gasteiger partial charge on any atom is -0.343 e. The fourth-order valence-electron chi connectivity index (χ4n) is 1.73. The summed E-state index contributed by atoms with van der Waals surface area (Å²) in [5.74, 6) is 0.167. The standard InChI is InChI=1S/C10H17N3O/c1-9(14)13-7-3-10(4-8-13)12-6-2-5-11/h10,12H,2-4,6-8H2,1H3. The van der Waals surface area contributed by atoms with Gasteiger partial charge in [0.05, 0.1) is 6.07 Å². The molecule has 1 aliphatic rings. The number of carbonyl (C=O) groups is 1. The van der Waals surface area contributed by atoms with E-state index in [1.54, 1.807) is 6.92 Å². The average molecular weight is 195 g/mol. The highest BCUT2D eigenvalue weighted by atomic mass is 16.2. The van der Waals surface area contributed by atoms with Gasteiger partial charge >= 0.3 is 0 Å². The number of nitrogens with one attached hydrogen (secondary N) is 1. The maximum absolute atomic E-state index is 11.0. The Morgan fingerprint density at radius 1 is 1.57 bits per heavy atom. The van der Waals surface area contributed by atoms with E-state index in [2.05, 4.69) is 11.4 Å². The monoisotopic (exact) mass is 195 g/mol. The lowest BCUT2D eigenvalue weighted by Crippen LogP contribution is -2.44. The Hall–Kier alpha value is -1.08. The van der Waals surface area contributed by atoms with Crippen molar-refractivity contribution >= 4 is 5.91 Å². The Labute approximate surface area is 84.9 Å². The third-order valence-corrected chi connectivity index (χ3v) is 2.61. The maximum Gasteiger partial charge on any atom is 0.219 e. The number of hydrogen-bond donors (Lipinski definition) is 1. The minimum atomic E-state index is 0.167. The second-order valence-electron chi connectivity index (χ2n) is 3.64. The van der Waals surface area contributed by atoms with E-state index in [0.29, 0.717) is 12.5 Å². The topological polar surface area (TPSA) is 56.1 Å². The van der Waals surface area contributed by atoms with Crippen LogP contribution in [-0.2, 0) is 4.79 Å². The summed E-state index contributed by atoms with van der Waals surface area (Å²) in [4.78, 5) is 12.9. The molecule has 0 radical (unpaired) electrons. The van der Waals surface area contributed by atoms with Crippen molar-refractivity contribution in [2.24, 2.45) is 0 Å². The van der Waals surface area contributed by atoms with E-state index in [-0.39, 0.29) is 5.91 Å². The third-order valence-electron chi connectivity index (χ3n) is 2.61. The van der Waals surface area contributed by atoms with Crippen molar-refractivity contribution in [2.75, 3.05) is 19.6 Å². The summed E-state index contributed by atoms with van der Waals surface area (Å²) in [6.45, 7) is 4.07. The molecule has 0 atom stereocenters. The van der Waals surface area contributed by atoms with E-state index >= 15 is 0 Å². The van der Waals surface area contributed by atoms with Crippen LogP contribution in [0.25, 0.3) is 0 Å². The molecule has 0 bridgehead atoms. The molecule has 1 aliphatic heterocycles. The van der Waals surface area contributed by atoms with Gasteiger partial charge in [0.15, 0.2) is 0 Å². The van der Waals surface area contributed by atoms with E-state index in [9.17, 15) is 4.79 Å². The van der Waals surface area contributed by atoms with Gasteiger partial charge in [-0.2, -0.15) is 5.26 Å². The van der Waals surface area contributed by atoms with Crippen LogP contribution >= 0.6 is 0 Å². The molecule has 0 unspecified atom stereocenters. The van der Waals surface area contributed by atoms with Gasteiger partial charge in [0.1, 0.15) is 0 Å². The highest BCUT2D eigenvalue weighted by Crippen LogP contribution is 2.09. The zero-order valence-electron chi connectivity index (χ0n) is 8.62. The van der Waals surface area contributed by atoms with E-state index in [1.807, 2.05) is 4.90 Å². The maximum atomic E-state index is 11.0. The van der Waals surface area contributed by atoms with Gasteiger partial charge in [-0.25, -0.2) is 0 Å². The van der Waals surface area contributed by atoms with Gasteiger partial charge in [0, 0.05) is 39.0 Å². The second kappa shape index (κ2) is 5.61. The lowest BCUT2D eigenvalue weighted by molar-refractivity contribution is -0.129. The van der Waals surface area contributed by atoms with Crippen LogP contribution in [0, 0.1) is 11.3 Å². The Morgan fingerprint density at radius 3 is 2.71 bits per heavy atom. The lowest BCUT2D eigenvalue weighted by atomic mass is 10.1. The van der Waals surface area contributed by atoms with Crippen LogP contribution in [0.1, 0.15) is 26.2 Å². The summed E-state index contributed by atoms with van der Waals surface area (Å²) in [7, 11) is 0. The number of piperidine rings is 1. The third kappa shape index (κ3) is 3.35. The first kappa shape index (κ1) is 11.0. The molecule has 0 aliphatic carbocycles. The summed E-state index contributed by atoms with van der Waals surface area (Å²) in [6.07, 6.45) is 2.57. The first-order valence-electron chi connectivity index (χ1n) is 5.10. The number of amides is 1. The molecule has 1 saturated heterocycles. The van der Waals surface area contributed by atoms with Crippen LogP contribution in [0.3, 0.4) is 0 Å². The molecule has 1 fully saturated rings. The Morgan fingerprint density at radius 2 is 2.21 bits per heavy atom. The molecule has 1 amide bonds. The summed E-state index contributed by atoms with van der Waals surface area (Å²) in [6, 6.07) is 2.59. The van der Waals surface area contributed by atoms with Crippen molar-refractivity contribution in [1.29, 1.82) is 5.26 Å². The fourth-order valence-corrected chi connectivity index (χ4v) is 1.73. The minimum absolute atomic E-state index is 0.167. The molecule has 0 aromatic heterocycles. The van der Waals surface area contributed by atoms with Gasteiger partial charge in [-0.05, 0) is 12.8 Å². The number of hydrogen-bond acceptors (Lipinski definition) is 3. The highest BCUT2D eigenvalue weighted by molar-refractivity contribution is 5.73. The van der Waals surface area contributed by atoms with E-state index in [1.165, 1.54) is 0 Å². The fraction of sp³-hybridized carbons (Fsp3) is 0.800. The summed E-state index contributed by atoms with van der Waals surface area (Å²) >= 11 is 0. The zero-order chi connectivity index (χ0) is 10.4. The van der Waals surface area contributed by atoms with Crippen LogP contribution in [0.4, 0.5) is 0 Å². The van der Waals surface area contributed by atoms with Gasteiger partial charge in [-0.1, -0.05) is 0 Å². The quantitative estimate of drug-likeness (QED) is 0.667. The number of likely N-dealkylation sites (tertiary alicyclic amines) is 1. The molecule has 4 heteroatoms. The van der Waals surface area contributed by atoms with Gasteiger partial charge in [-0.15, -0.1) is 0 Å². The highest BCUT2D eigenvalue weighted by Gasteiger charge is 2.19. The van der Waals surface area contributed by atoms with Crippen LogP contribution < -0.4 is 5.32 Å². The SMILES string of the molecule is CC(=O)N1CCC(NCCC#N)CC1. The zero-order valence-corrected chi connectivity index (χ0v) is 8.62. The summed E-state index contributed by atoms with van der Waals surface area (Å²) in [5, 5.41) is 11.7. The van der Waals surface area contributed by atoms with Crippen LogP contribution in [0.2, 0.25) is 0 Å². The van der Waals surface area contributed by atoms with Crippen molar-refractivity contribution in [3.05, 3.63) is 0 Å². The predicted molar refractivity (Wildman–Crippen MR) is 53.5 cm³/mol. The smallest absolute Gasteiger partial charge is 0.219 e. The number of carbonyl (C=O) groups excluding carboxylic acids is 1. The normalized spacial score (nSPS) is 17.9. The molecule has 0 aromatic rings. The summed E-state index contributed by atoms with van der Waals surface area (Å²) < 4.78 is 0. The van der Waals surface area contributed by atoms with Gasteiger partial charge in [0.2, 0.25) is 5.91 Å². The van der Waals surface area contributed by atoms with Crippen LogP contribution in [0.15, 0.2) is 0 Å². The molecule has 1 rings (SSSR count). The van der Waals surface area contributed by atoms with Crippen molar-refractivity contribution in [2.45, 2.75) is 32.2 Å². The molecule has 0 aromatic carbocycles. The molecule has 0 spiro atoms. The van der Waals surface area contributed by atoms with Gasteiger partial charge in [0.25, 0.3) is 0 Å².